The quantitative estimate of drug-likeness (QED) is 0.632. The van der Waals surface area contributed by atoms with Gasteiger partial charge < -0.3 is 14.5 Å². The number of piperazine rings is 1. The number of nitrogens with zero attached hydrogens (tertiary/aromatic N) is 6. The first-order valence-corrected chi connectivity index (χ1v) is 10.5. The van der Waals surface area contributed by atoms with Crippen molar-refractivity contribution in [1.82, 2.24) is 24.4 Å². The normalized spacial score (nSPS) is 14.1. The lowest BCUT2D eigenvalue weighted by molar-refractivity contribution is -0.133. The van der Waals surface area contributed by atoms with Crippen LogP contribution in [-0.2, 0) is 4.79 Å². The monoisotopic (exact) mass is 420 g/mol. The average Bonchev–Trinajstić information content (AvgIpc) is 3.10. The molecule has 31 heavy (non-hydrogen) atoms. The summed E-state index contributed by atoms with van der Waals surface area (Å²) in [7, 11) is 0. The van der Waals surface area contributed by atoms with E-state index in [0.717, 1.165) is 34.3 Å². The molecule has 8 heteroatoms. The molecule has 0 atom stereocenters. The largest absolute Gasteiger partial charge is 0.484 e. The van der Waals surface area contributed by atoms with Gasteiger partial charge in [0.25, 0.3) is 5.91 Å². The van der Waals surface area contributed by atoms with Crippen molar-refractivity contribution >= 4 is 11.7 Å². The number of carbonyl (C=O) groups is 1. The van der Waals surface area contributed by atoms with E-state index in [4.69, 9.17) is 4.74 Å². The number of benzene rings is 1. The first-order chi connectivity index (χ1) is 14.9. The minimum Gasteiger partial charge on any atom is -0.484 e. The van der Waals surface area contributed by atoms with Crippen molar-refractivity contribution in [3.05, 3.63) is 59.4 Å². The summed E-state index contributed by atoms with van der Waals surface area (Å²) >= 11 is 0. The van der Waals surface area contributed by atoms with E-state index in [1.165, 1.54) is 0 Å². The predicted octanol–water partition coefficient (Wildman–Crippen LogP) is 2.62. The Morgan fingerprint density at radius 3 is 2.42 bits per heavy atom. The molecule has 1 aliphatic heterocycles. The molecule has 8 nitrogen and oxygen atoms in total. The molecule has 0 bridgehead atoms. The maximum atomic E-state index is 12.6. The first-order valence-electron chi connectivity index (χ1n) is 10.5. The number of anilines is 1. The van der Waals surface area contributed by atoms with Gasteiger partial charge in [0.1, 0.15) is 29.5 Å². The molecule has 0 unspecified atom stereocenters. The zero-order valence-corrected chi connectivity index (χ0v) is 18.5. The molecule has 2 aromatic heterocycles. The Labute approximate surface area is 182 Å². The van der Waals surface area contributed by atoms with Crippen LogP contribution in [0.4, 0.5) is 5.82 Å². The molecule has 0 spiro atoms. The van der Waals surface area contributed by atoms with Crippen molar-refractivity contribution in [3.63, 3.8) is 0 Å². The zero-order chi connectivity index (χ0) is 22.0. The van der Waals surface area contributed by atoms with Crippen LogP contribution in [0.1, 0.15) is 22.8 Å². The fraction of sp³-hybridized carbons (Fsp3) is 0.391. The predicted molar refractivity (Wildman–Crippen MR) is 119 cm³/mol. The Morgan fingerprint density at radius 1 is 1.00 bits per heavy atom. The molecular formula is C23H28N6O2. The van der Waals surface area contributed by atoms with E-state index >= 15 is 0 Å². The first kappa shape index (κ1) is 20.8. The molecule has 1 saturated heterocycles. The van der Waals surface area contributed by atoms with Crippen LogP contribution in [0.5, 0.6) is 5.75 Å². The number of rotatable bonds is 5. The molecule has 1 fully saturated rings. The second kappa shape index (κ2) is 8.75. The topological polar surface area (TPSA) is 76.4 Å². The Balaban J connectivity index is 1.38. The van der Waals surface area contributed by atoms with E-state index in [1.807, 2.05) is 67.5 Å². The molecule has 1 amide bonds. The third kappa shape index (κ3) is 4.68. The van der Waals surface area contributed by atoms with Crippen LogP contribution in [0.15, 0.2) is 36.7 Å². The molecular weight excluding hydrogens is 392 g/mol. The number of imidazole rings is 1. The van der Waals surface area contributed by atoms with Crippen LogP contribution < -0.4 is 9.64 Å². The molecule has 3 heterocycles. The van der Waals surface area contributed by atoms with Gasteiger partial charge >= 0.3 is 0 Å². The summed E-state index contributed by atoms with van der Waals surface area (Å²) in [5.41, 5.74) is 3.16. The summed E-state index contributed by atoms with van der Waals surface area (Å²) < 4.78 is 7.65. The summed E-state index contributed by atoms with van der Waals surface area (Å²) in [6.45, 7) is 10.7. The lowest BCUT2D eigenvalue weighted by Gasteiger charge is -2.35. The molecule has 0 N–H and O–H groups in total. The lowest BCUT2D eigenvalue weighted by Crippen LogP contribution is -2.50. The van der Waals surface area contributed by atoms with Crippen LogP contribution >= 0.6 is 0 Å². The number of hydrogen-bond donors (Lipinski definition) is 0. The van der Waals surface area contributed by atoms with E-state index in [-0.39, 0.29) is 12.5 Å². The van der Waals surface area contributed by atoms with Crippen LogP contribution in [-0.4, -0.2) is 63.1 Å². The van der Waals surface area contributed by atoms with Gasteiger partial charge in [0.05, 0.1) is 5.69 Å². The average molecular weight is 421 g/mol. The Kier molecular flexibility index (Phi) is 5.88. The van der Waals surface area contributed by atoms with E-state index in [1.54, 1.807) is 6.33 Å². The smallest absolute Gasteiger partial charge is 0.260 e. The molecule has 3 aromatic rings. The Bertz CT molecular complexity index is 1090. The van der Waals surface area contributed by atoms with Gasteiger partial charge in [-0.15, -0.1) is 0 Å². The molecule has 162 valence electrons. The summed E-state index contributed by atoms with van der Waals surface area (Å²) in [6.07, 6.45) is 1.79. The van der Waals surface area contributed by atoms with E-state index in [2.05, 4.69) is 19.9 Å². The standard InChI is InChI=1S/C23H28N6O2/c1-16-6-5-7-20(12-16)31-14-23(30)28-10-8-27(9-11-28)21-13-22(26-19(4)25-21)29-15-24-17(2)18(29)3/h5-7,12-13,15H,8-11,14H2,1-4H3. The third-order valence-corrected chi connectivity index (χ3v) is 5.62. The SMILES string of the molecule is Cc1cccc(OCC(=O)N2CCN(c3cc(-n4cnc(C)c4C)nc(C)n3)CC2)c1. The lowest BCUT2D eigenvalue weighted by atomic mass is 10.2. The molecule has 0 saturated carbocycles. The van der Waals surface area contributed by atoms with Gasteiger partial charge in [0, 0.05) is 37.9 Å². The van der Waals surface area contributed by atoms with Crippen LogP contribution in [0.25, 0.3) is 5.82 Å². The number of hydrogen-bond acceptors (Lipinski definition) is 6. The summed E-state index contributed by atoms with van der Waals surface area (Å²) in [4.78, 5) is 30.2. The maximum Gasteiger partial charge on any atom is 0.260 e. The molecule has 0 radical (unpaired) electrons. The van der Waals surface area contributed by atoms with Crippen molar-refractivity contribution in [2.75, 3.05) is 37.7 Å². The summed E-state index contributed by atoms with van der Waals surface area (Å²) in [6, 6.07) is 9.72. The second-order valence-electron chi connectivity index (χ2n) is 7.89. The maximum absolute atomic E-state index is 12.6. The minimum atomic E-state index is 0.00484. The highest BCUT2D eigenvalue weighted by Gasteiger charge is 2.23. The Hall–Kier alpha value is -3.42. The van der Waals surface area contributed by atoms with Crippen LogP contribution in [0, 0.1) is 27.7 Å². The highest BCUT2D eigenvalue weighted by molar-refractivity contribution is 5.78. The van der Waals surface area contributed by atoms with Gasteiger partial charge in [0.15, 0.2) is 6.61 Å². The van der Waals surface area contributed by atoms with Crippen molar-refractivity contribution in [2.45, 2.75) is 27.7 Å². The highest BCUT2D eigenvalue weighted by Crippen LogP contribution is 2.20. The number of ether oxygens (including phenoxy) is 1. The third-order valence-electron chi connectivity index (χ3n) is 5.62. The van der Waals surface area contributed by atoms with Gasteiger partial charge in [-0.05, 0) is 45.4 Å². The fourth-order valence-electron chi connectivity index (χ4n) is 3.68. The molecule has 0 aliphatic carbocycles. The van der Waals surface area contributed by atoms with Crippen molar-refractivity contribution in [3.8, 4) is 11.6 Å². The van der Waals surface area contributed by atoms with Crippen molar-refractivity contribution in [2.24, 2.45) is 0 Å². The van der Waals surface area contributed by atoms with Crippen molar-refractivity contribution in [1.29, 1.82) is 0 Å². The minimum absolute atomic E-state index is 0.00484. The van der Waals surface area contributed by atoms with Gasteiger partial charge in [-0.25, -0.2) is 15.0 Å². The van der Waals surface area contributed by atoms with Crippen molar-refractivity contribution < 1.29 is 9.53 Å². The second-order valence-corrected chi connectivity index (χ2v) is 7.89. The molecule has 4 rings (SSSR count). The van der Waals surface area contributed by atoms with E-state index in [0.29, 0.717) is 32.0 Å². The van der Waals surface area contributed by atoms with Gasteiger partial charge in [-0.3, -0.25) is 9.36 Å². The van der Waals surface area contributed by atoms with Crippen LogP contribution in [0.2, 0.25) is 0 Å². The van der Waals surface area contributed by atoms with E-state index in [9.17, 15) is 4.79 Å². The Morgan fingerprint density at radius 2 is 1.74 bits per heavy atom. The van der Waals surface area contributed by atoms with Gasteiger partial charge in [0.2, 0.25) is 0 Å². The highest BCUT2D eigenvalue weighted by atomic mass is 16.5. The number of carbonyl (C=O) groups excluding carboxylic acids is 1. The van der Waals surface area contributed by atoms with Crippen LogP contribution in [0.3, 0.4) is 0 Å². The van der Waals surface area contributed by atoms with Gasteiger partial charge in [-0.1, -0.05) is 12.1 Å². The summed E-state index contributed by atoms with van der Waals surface area (Å²) in [5, 5.41) is 0. The van der Waals surface area contributed by atoms with E-state index < -0.39 is 0 Å². The number of aromatic nitrogens is 4. The molecule has 1 aliphatic rings. The fourth-order valence-corrected chi connectivity index (χ4v) is 3.68. The van der Waals surface area contributed by atoms with Gasteiger partial charge in [-0.2, -0.15) is 0 Å². The zero-order valence-electron chi connectivity index (χ0n) is 18.5. The molecule has 1 aromatic carbocycles. The summed E-state index contributed by atoms with van der Waals surface area (Å²) in [5.74, 6) is 3.12. The number of aryl methyl sites for hydroxylation is 3. The number of amides is 1.